The first-order valence-electron chi connectivity index (χ1n) is 13.8. The summed E-state index contributed by atoms with van der Waals surface area (Å²) in [7, 11) is 0. The van der Waals surface area contributed by atoms with Gasteiger partial charge in [0.05, 0.1) is 37.9 Å². The van der Waals surface area contributed by atoms with Crippen LogP contribution in [0.15, 0.2) is 25.3 Å². The van der Waals surface area contributed by atoms with Crippen molar-refractivity contribution in [2.24, 2.45) is 17.8 Å². The van der Waals surface area contributed by atoms with Gasteiger partial charge in [0, 0.05) is 39.3 Å². The molecule has 4 heterocycles. The van der Waals surface area contributed by atoms with Crippen molar-refractivity contribution in [3.63, 3.8) is 0 Å². The molecule has 212 valence electrons. The van der Waals surface area contributed by atoms with E-state index < -0.39 is 35.0 Å². The minimum Gasteiger partial charge on any atom is -0.465 e. The number of unbranched alkanes of at least 4 members (excludes halogenated alkanes) is 1. The third-order valence-electron chi connectivity index (χ3n) is 8.89. The Balaban J connectivity index is 1.62. The molecule has 4 aliphatic rings. The number of hydrogen-bond donors (Lipinski definition) is 1. The average molecular weight is 534 g/mol. The SMILES string of the molecule is C=CCCCOC(=O)[C@@H]1[C@H]2C(=O)N(CCO)C(C(=O)N(CC=C)CCN3CCOCC3)C23CC(C)[C@@]1(C)O3. The molecule has 2 amide bonds. The van der Waals surface area contributed by atoms with Gasteiger partial charge in [0.2, 0.25) is 11.8 Å². The molecule has 6 atom stereocenters. The molecule has 10 nitrogen and oxygen atoms in total. The largest absolute Gasteiger partial charge is 0.465 e. The molecule has 3 unspecified atom stereocenters. The maximum atomic E-state index is 14.2. The zero-order valence-corrected chi connectivity index (χ0v) is 22.8. The highest BCUT2D eigenvalue weighted by Gasteiger charge is 2.80. The maximum absolute atomic E-state index is 14.2. The Bertz CT molecular complexity index is 922. The topological polar surface area (TPSA) is 109 Å². The number of rotatable bonds is 13. The average Bonchev–Trinajstić information content (AvgIpc) is 3.41. The number of morpholine rings is 1. The van der Waals surface area contributed by atoms with Crippen molar-refractivity contribution >= 4 is 17.8 Å². The highest BCUT2D eigenvalue weighted by molar-refractivity contribution is 5.98. The second-order valence-corrected chi connectivity index (χ2v) is 11.1. The summed E-state index contributed by atoms with van der Waals surface area (Å²) in [5, 5.41) is 9.84. The number of aliphatic hydroxyl groups excluding tert-OH is 1. The molecule has 4 saturated heterocycles. The van der Waals surface area contributed by atoms with Crippen LogP contribution < -0.4 is 0 Å². The van der Waals surface area contributed by atoms with Crippen molar-refractivity contribution in [1.82, 2.24) is 14.7 Å². The van der Waals surface area contributed by atoms with Crippen LogP contribution in [0.5, 0.6) is 0 Å². The number of allylic oxidation sites excluding steroid dienone is 1. The van der Waals surface area contributed by atoms with Crippen molar-refractivity contribution in [2.75, 3.05) is 65.7 Å². The minimum atomic E-state index is -1.15. The van der Waals surface area contributed by atoms with Gasteiger partial charge >= 0.3 is 5.97 Å². The third-order valence-corrected chi connectivity index (χ3v) is 8.89. The minimum absolute atomic E-state index is 0.00552. The zero-order valence-electron chi connectivity index (χ0n) is 22.8. The molecule has 1 spiro atoms. The van der Waals surface area contributed by atoms with Gasteiger partial charge in [-0.15, -0.1) is 13.2 Å². The number of esters is 1. The summed E-state index contributed by atoms with van der Waals surface area (Å²) in [6, 6.07) is -0.931. The number of aliphatic hydroxyl groups is 1. The van der Waals surface area contributed by atoms with Gasteiger partial charge in [-0.25, -0.2) is 0 Å². The second kappa shape index (κ2) is 11.9. The van der Waals surface area contributed by atoms with Crippen LogP contribution in [-0.2, 0) is 28.6 Å². The molecule has 0 saturated carbocycles. The molecule has 0 radical (unpaired) electrons. The first kappa shape index (κ1) is 28.7. The number of fused-ring (bicyclic) bond motifs is 1. The quantitative estimate of drug-likeness (QED) is 0.211. The Morgan fingerprint density at radius 2 is 1.97 bits per heavy atom. The van der Waals surface area contributed by atoms with E-state index in [0.29, 0.717) is 45.7 Å². The van der Waals surface area contributed by atoms with E-state index in [0.717, 1.165) is 19.5 Å². The third kappa shape index (κ3) is 4.92. The number of likely N-dealkylation sites (tertiary alicyclic amines) is 1. The van der Waals surface area contributed by atoms with Crippen LogP contribution in [0.1, 0.15) is 33.1 Å². The Labute approximate surface area is 225 Å². The molecule has 0 aliphatic carbocycles. The molecule has 0 aromatic carbocycles. The highest BCUT2D eigenvalue weighted by Crippen LogP contribution is 2.65. The predicted molar refractivity (Wildman–Crippen MR) is 140 cm³/mol. The molecule has 0 aromatic heterocycles. The summed E-state index contributed by atoms with van der Waals surface area (Å²) < 4.78 is 17.7. The van der Waals surface area contributed by atoms with Gasteiger partial charge in [-0.05, 0) is 32.1 Å². The number of ether oxygens (including phenoxy) is 3. The zero-order chi connectivity index (χ0) is 27.5. The summed E-state index contributed by atoms with van der Waals surface area (Å²) in [4.78, 5) is 47.0. The van der Waals surface area contributed by atoms with Crippen LogP contribution in [0.2, 0.25) is 0 Å². The number of carbonyl (C=O) groups excluding carboxylic acids is 3. The molecule has 38 heavy (non-hydrogen) atoms. The standard InChI is InChI=1S/C28H43N3O7/c1-5-7-8-16-37-26(35)22-21-24(33)31(12-15-32)23(28(21)19-20(3)27(22,4)38-28)25(34)30(9-6-2)11-10-29-13-17-36-18-14-29/h5-6,20-23,32H,1-2,7-19H2,3-4H3/t20?,21-,22-,23?,27+,28?/m0/s1. The number of β-amino-alcohol motifs (C(OH)–C–C–N with tert-alkyl or cyclic N) is 1. The van der Waals surface area contributed by atoms with Crippen LogP contribution in [0.25, 0.3) is 0 Å². The van der Waals surface area contributed by atoms with E-state index in [1.165, 1.54) is 4.90 Å². The van der Waals surface area contributed by atoms with Crippen molar-refractivity contribution in [2.45, 2.75) is 50.4 Å². The summed E-state index contributed by atoms with van der Waals surface area (Å²) in [5.74, 6) is -2.74. The molecule has 4 fully saturated rings. The van der Waals surface area contributed by atoms with Gasteiger partial charge in [0.1, 0.15) is 17.6 Å². The predicted octanol–water partition coefficient (Wildman–Crippen LogP) is 0.846. The van der Waals surface area contributed by atoms with Gasteiger partial charge in [-0.1, -0.05) is 19.1 Å². The van der Waals surface area contributed by atoms with E-state index in [9.17, 15) is 19.5 Å². The smallest absolute Gasteiger partial charge is 0.312 e. The Kier molecular flexibility index (Phi) is 8.96. The second-order valence-electron chi connectivity index (χ2n) is 11.1. The van der Waals surface area contributed by atoms with Gasteiger partial charge in [0.25, 0.3) is 0 Å². The van der Waals surface area contributed by atoms with E-state index in [1.54, 1.807) is 17.1 Å². The Morgan fingerprint density at radius 3 is 2.63 bits per heavy atom. The van der Waals surface area contributed by atoms with Gasteiger partial charge in [-0.2, -0.15) is 0 Å². The van der Waals surface area contributed by atoms with Gasteiger partial charge in [0.15, 0.2) is 0 Å². The van der Waals surface area contributed by atoms with Crippen molar-refractivity contribution in [1.29, 1.82) is 0 Å². The van der Waals surface area contributed by atoms with Gasteiger partial charge in [-0.3, -0.25) is 19.3 Å². The fourth-order valence-corrected chi connectivity index (χ4v) is 6.92. The van der Waals surface area contributed by atoms with Gasteiger partial charge < -0.3 is 29.1 Å². The lowest BCUT2D eigenvalue weighted by Gasteiger charge is -2.38. The van der Waals surface area contributed by atoms with E-state index in [1.807, 2.05) is 13.8 Å². The number of amides is 2. The molecule has 10 heteroatoms. The summed E-state index contributed by atoms with van der Waals surface area (Å²) >= 11 is 0. The van der Waals surface area contributed by atoms with Crippen molar-refractivity contribution in [3.05, 3.63) is 25.3 Å². The van der Waals surface area contributed by atoms with Crippen molar-refractivity contribution < 1.29 is 33.7 Å². The molecule has 0 aromatic rings. The normalized spacial score (nSPS) is 34.3. The summed E-state index contributed by atoms with van der Waals surface area (Å²) in [6.07, 6.45) is 5.29. The lowest BCUT2D eigenvalue weighted by molar-refractivity contribution is -0.162. The molecule has 4 aliphatic heterocycles. The molecule has 2 bridgehead atoms. The summed E-state index contributed by atoms with van der Waals surface area (Å²) in [6.45, 7) is 15.7. The lowest BCUT2D eigenvalue weighted by atomic mass is 9.62. The van der Waals surface area contributed by atoms with E-state index in [4.69, 9.17) is 14.2 Å². The highest BCUT2D eigenvalue weighted by atomic mass is 16.6. The number of hydrogen-bond acceptors (Lipinski definition) is 8. The molecular weight excluding hydrogens is 490 g/mol. The molecule has 4 rings (SSSR count). The molecular formula is C28H43N3O7. The van der Waals surface area contributed by atoms with Crippen LogP contribution in [0.4, 0.5) is 0 Å². The van der Waals surface area contributed by atoms with E-state index >= 15 is 0 Å². The Hall–Kier alpha value is -2.27. The van der Waals surface area contributed by atoms with Crippen molar-refractivity contribution in [3.8, 4) is 0 Å². The first-order chi connectivity index (χ1) is 18.2. The lowest BCUT2D eigenvalue weighted by Crippen LogP contribution is -2.57. The first-order valence-corrected chi connectivity index (χ1v) is 13.8. The van der Waals surface area contributed by atoms with Crippen LogP contribution in [0, 0.1) is 17.8 Å². The summed E-state index contributed by atoms with van der Waals surface area (Å²) in [5.41, 5.74) is -2.07. The fraction of sp³-hybridized carbons (Fsp3) is 0.750. The number of nitrogens with zero attached hydrogens (tertiary/aromatic N) is 3. The fourth-order valence-electron chi connectivity index (χ4n) is 6.92. The Morgan fingerprint density at radius 1 is 1.24 bits per heavy atom. The van der Waals surface area contributed by atoms with E-state index in [-0.39, 0.29) is 37.5 Å². The number of carbonyl (C=O) groups is 3. The maximum Gasteiger partial charge on any atom is 0.312 e. The van der Waals surface area contributed by atoms with Crippen LogP contribution in [-0.4, -0.2) is 121 Å². The molecule has 1 N–H and O–H groups in total. The van der Waals surface area contributed by atoms with Crippen LogP contribution in [0.3, 0.4) is 0 Å². The van der Waals surface area contributed by atoms with E-state index in [2.05, 4.69) is 18.1 Å². The monoisotopic (exact) mass is 533 g/mol. The van der Waals surface area contributed by atoms with Crippen LogP contribution >= 0.6 is 0 Å².